The number of amides is 2. The minimum atomic E-state index is -1.01. The maximum atomic E-state index is 12.9. The van der Waals surface area contributed by atoms with Crippen LogP contribution in [0.15, 0.2) is 30.3 Å². The Labute approximate surface area is 178 Å². The number of carboxylic acids is 1. The number of carbonyl (C=O) groups is 3. The third-order valence-corrected chi connectivity index (χ3v) is 6.64. The summed E-state index contributed by atoms with van der Waals surface area (Å²) in [5, 5.41) is 11.3. The zero-order chi connectivity index (χ0) is 21.5. The second-order valence-corrected chi connectivity index (χ2v) is 8.65. The van der Waals surface area contributed by atoms with Gasteiger partial charge in [-0.05, 0) is 36.8 Å². The first-order valence-electron chi connectivity index (χ1n) is 11.1. The summed E-state index contributed by atoms with van der Waals surface area (Å²) in [6.07, 6.45) is 2.63. The number of carbonyl (C=O) groups excluding carboxylic acids is 3. The summed E-state index contributed by atoms with van der Waals surface area (Å²) in [6.45, 7) is 7.28. The molecule has 7 heteroatoms. The fraction of sp³-hybridized carbons (Fsp3) is 0.609. The van der Waals surface area contributed by atoms with E-state index in [1.165, 1.54) is 4.90 Å². The number of quaternary nitrogens is 1. The predicted molar refractivity (Wildman–Crippen MR) is 111 cm³/mol. The van der Waals surface area contributed by atoms with Gasteiger partial charge in [0.2, 0.25) is 5.91 Å². The molecule has 2 amide bonds. The summed E-state index contributed by atoms with van der Waals surface area (Å²) >= 11 is 0. The maximum absolute atomic E-state index is 12.9. The van der Waals surface area contributed by atoms with Crippen molar-refractivity contribution in [3.05, 3.63) is 35.9 Å². The van der Waals surface area contributed by atoms with E-state index in [0.717, 1.165) is 45.6 Å². The van der Waals surface area contributed by atoms with Crippen molar-refractivity contribution in [3.8, 4) is 0 Å². The molecule has 0 saturated carbocycles. The van der Waals surface area contributed by atoms with Gasteiger partial charge in [0.15, 0.2) is 0 Å². The molecule has 2 heterocycles. The second kappa shape index (κ2) is 10.6. The summed E-state index contributed by atoms with van der Waals surface area (Å²) in [5.74, 6) is -0.648. The Hall–Kier alpha value is -2.41. The molecule has 2 aliphatic heterocycles. The molecule has 1 unspecified atom stereocenters. The van der Waals surface area contributed by atoms with E-state index < -0.39 is 5.97 Å². The number of rotatable bonds is 6. The van der Waals surface area contributed by atoms with Gasteiger partial charge in [0, 0.05) is 50.9 Å². The largest absolute Gasteiger partial charge is 0.550 e. The van der Waals surface area contributed by atoms with E-state index in [1.54, 1.807) is 6.92 Å². The van der Waals surface area contributed by atoms with Gasteiger partial charge in [-0.2, -0.15) is 0 Å². The monoisotopic (exact) mass is 415 g/mol. The number of hydrogen-bond acceptors (Lipinski definition) is 4. The Morgan fingerprint density at radius 2 is 1.80 bits per heavy atom. The van der Waals surface area contributed by atoms with E-state index in [0.29, 0.717) is 25.1 Å². The first kappa shape index (κ1) is 22.3. The first-order chi connectivity index (χ1) is 14.4. The lowest BCUT2D eigenvalue weighted by molar-refractivity contribution is -0.898. The lowest BCUT2D eigenvalue weighted by atomic mass is 9.81. The fourth-order valence-electron chi connectivity index (χ4n) is 4.84. The normalized spacial score (nSPS) is 24.9. The van der Waals surface area contributed by atoms with Crippen LogP contribution in [0.2, 0.25) is 0 Å². The molecule has 0 aliphatic carbocycles. The lowest BCUT2D eigenvalue weighted by Gasteiger charge is -2.39. The van der Waals surface area contributed by atoms with Crippen LogP contribution in [-0.2, 0) is 9.59 Å². The summed E-state index contributed by atoms with van der Waals surface area (Å²) in [5.41, 5.74) is 0.678. The van der Waals surface area contributed by atoms with Crippen LogP contribution >= 0.6 is 0 Å². The Kier molecular flexibility index (Phi) is 7.85. The number of hydrogen-bond donors (Lipinski definition) is 1. The van der Waals surface area contributed by atoms with Crippen molar-refractivity contribution < 1.29 is 24.4 Å². The molecule has 1 aromatic rings. The highest BCUT2D eigenvalue weighted by molar-refractivity contribution is 5.94. The molecule has 3 rings (SSSR count). The maximum Gasteiger partial charge on any atom is 0.253 e. The Bertz CT molecular complexity index is 739. The molecule has 2 aliphatic rings. The molecule has 0 radical (unpaired) electrons. The van der Waals surface area contributed by atoms with Crippen LogP contribution in [0.4, 0.5) is 0 Å². The third-order valence-electron chi connectivity index (χ3n) is 6.64. The molecule has 2 fully saturated rings. The van der Waals surface area contributed by atoms with Gasteiger partial charge in [-0.15, -0.1) is 0 Å². The van der Waals surface area contributed by atoms with Crippen LogP contribution in [-0.4, -0.2) is 73.4 Å². The molecule has 2 saturated heterocycles. The molecule has 1 aromatic carbocycles. The van der Waals surface area contributed by atoms with Gasteiger partial charge >= 0.3 is 0 Å². The van der Waals surface area contributed by atoms with Crippen molar-refractivity contribution in [2.45, 2.75) is 32.6 Å². The van der Waals surface area contributed by atoms with Gasteiger partial charge in [0.25, 0.3) is 5.91 Å². The second-order valence-electron chi connectivity index (χ2n) is 8.65. The third kappa shape index (κ3) is 6.05. The molecule has 0 aromatic heterocycles. The standard InChI is InChI=1S/C23H33N3O4/c1-18(27)25-11-5-10-24(14-15-25)12-8-21-17-26(13-9-20(21)16-22(28)29)23(30)19-6-3-2-4-7-19/h2-4,6-7,20-21H,5,8-17H2,1H3,(H,28,29)/t20-,21-/m0/s1. The van der Waals surface area contributed by atoms with Crippen LogP contribution in [0, 0.1) is 11.8 Å². The van der Waals surface area contributed by atoms with Gasteiger partial charge < -0.3 is 24.6 Å². The van der Waals surface area contributed by atoms with E-state index in [4.69, 9.17) is 0 Å². The predicted octanol–water partition coefficient (Wildman–Crippen LogP) is -0.568. The number of nitrogens with one attached hydrogen (secondary N) is 1. The molecule has 30 heavy (non-hydrogen) atoms. The number of aliphatic carboxylic acids is 1. The van der Waals surface area contributed by atoms with Gasteiger partial charge in [-0.3, -0.25) is 9.59 Å². The van der Waals surface area contributed by atoms with Crippen molar-refractivity contribution in [2.24, 2.45) is 11.8 Å². The van der Waals surface area contributed by atoms with Crippen molar-refractivity contribution in [3.63, 3.8) is 0 Å². The highest BCUT2D eigenvalue weighted by Crippen LogP contribution is 2.29. The summed E-state index contributed by atoms with van der Waals surface area (Å²) in [7, 11) is 0. The first-order valence-corrected chi connectivity index (χ1v) is 11.1. The van der Waals surface area contributed by atoms with Crippen LogP contribution in [0.3, 0.4) is 0 Å². The van der Waals surface area contributed by atoms with Gasteiger partial charge in [-0.25, -0.2) is 0 Å². The highest BCUT2D eigenvalue weighted by Gasteiger charge is 2.33. The van der Waals surface area contributed by atoms with Crippen LogP contribution in [0.25, 0.3) is 0 Å². The molecule has 1 N–H and O–H groups in total. The molecular weight excluding hydrogens is 382 g/mol. The molecule has 0 bridgehead atoms. The Balaban J connectivity index is 1.60. The van der Waals surface area contributed by atoms with Gasteiger partial charge in [0.1, 0.15) is 0 Å². The Morgan fingerprint density at radius 1 is 1.03 bits per heavy atom. The van der Waals surface area contributed by atoms with Crippen molar-refractivity contribution in [1.82, 2.24) is 9.80 Å². The van der Waals surface area contributed by atoms with Gasteiger partial charge in [-0.1, -0.05) is 18.2 Å². The number of piperidine rings is 1. The van der Waals surface area contributed by atoms with E-state index >= 15 is 0 Å². The number of benzene rings is 1. The van der Waals surface area contributed by atoms with Crippen LogP contribution in [0.1, 0.15) is 43.0 Å². The molecular formula is C23H33N3O4. The zero-order valence-corrected chi connectivity index (χ0v) is 17.8. The number of likely N-dealkylation sites (tertiary alicyclic amines) is 1. The lowest BCUT2D eigenvalue weighted by Crippen LogP contribution is -3.12. The van der Waals surface area contributed by atoms with E-state index in [2.05, 4.69) is 0 Å². The summed E-state index contributed by atoms with van der Waals surface area (Å²) in [4.78, 5) is 41.0. The average Bonchev–Trinajstić information content (AvgIpc) is 2.98. The SMILES string of the molecule is CC(=O)N1CCC[NH+](CC[C@H]2CN(C(=O)c3ccccc3)CC[C@H]2CC(=O)[O-])CC1. The van der Waals surface area contributed by atoms with E-state index in [-0.39, 0.29) is 30.1 Å². The molecule has 164 valence electrons. The summed E-state index contributed by atoms with van der Waals surface area (Å²) in [6, 6.07) is 9.27. The number of nitrogens with zero attached hydrogens (tertiary/aromatic N) is 2. The number of carboxylic acid groups (broad SMARTS) is 1. The minimum absolute atomic E-state index is 0.0201. The van der Waals surface area contributed by atoms with E-state index in [1.807, 2.05) is 40.1 Å². The topological polar surface area (TPSA) is 85.2 Å². The van der Waals surface area contributed by atoms with Gasteiger partial charge in [0.05, 0.1) is 26.2 Å². The van der Waals surface area contributed by atoms with Crippen molar-refractivity contribution in [2.75, 3.05) is 45.8 Å². The fourth-order valence-corrected chi connectivity index (χ4v) is 4.84. The quantitative estimate of drug-likeness (QED) is 0.675. The highest BCUT2D eigenvalue weighted by atomic mass is 16.4. The summed E-state index contributed by atoms with van der Waals surface area (Å²) < 4.78 is 0. The van der Waals surface area contributed by atoms with Crippen LogP contribution < -0.4 is 10.0 Å². The average molecular weight is 416 g/mol. The van der Waals surface area contributed by atoms with Crippen LogP contribution in [0.5, 0.6) is 0 Å². The van der Waals surface area contributed by atoms with E-state index in [9.17, 15) is 19.5 Å². The minimum Gasteiger partial charge on any atom is -0.550 e. The van der Waals surface area contributed by atoms with Crippen molar-refractivity contribution >= 4 is 17.8 Å². The smallest absolute Gasteiger partial charge is 0.253 e. The molecule has 7 nitrogen and oxygen atoms in total. The van der Waals surface area contributed by atoms with Crippen molar-refractivity contribution in [1.29, 1.82) is 0 Å². The molecule has 0 spiro atoms. The Morgan fingerprint density at radius 3 is 2.50 bits per heavy atom. The zero-order valence-electron chi connectivity index (χ0n) is 17.8. The molecule has 3 atom stereocenters.